The summed E-state index contributed by atoms with van der Waals surface area (Å²) >= 11 is 0. The molecule has 0 spiro atoms. The van der Waals surface area contributed by atoms with Crippen LogP contribution in [0.15, 0.2) is 72.8 Å². The van der Waals surface area contributed by atoms with Gasteiger partial charge in [-0.1, -0.05) is 18.2 Å². The van der Waals surface area contributed by atoms with Crippen molar-refractivity contribution in [1.82, 2.24) is 0 Å². The Morgan fingerprint density at radius 3 is 0.704 bits per heavy atom. The average molecular weight is 739 g/mol. The summed E-state index contributed by atoms with van der Waals surface area (Å²) in [6.07, 6.45) is 8.69. The summed E-state index contributed by atoms with van der Waals surface area (Å²) in [6, 6.07) is 14.4. The SMILES string of the molecule is COc1cc(/C=C/C(=O)c2cc(C(=O)/C=C/c3cc(OC)c(OC)c(OC)c3)cc(C(=O)/C=C/c3cc(OC)c(OC)c(OC)c3)c2)cc(OC)c1OC. The van der Waals surface area contributed by atoms with Crippen LogP contribution in [-0.2, 0) is 0 Å². The first-order valence-electron chi connectivity index (χ1n) is 16.3. The molecule has 12 heteroatoms. The fraction of sp³-hybridized carbons (Fsp3) is 0.214. The van der Waals surface area contributed by atoms with Gasteiger partial charge in [0.05, 0.1) is 64.0 Å². The van der Waals surface area contributed by atoms with E-state index in [-0.39, 0.29) is 16.7 Å². The number of ketones is 3. The predicted octanol–water partition coefficient (Wildman–Crippen LogP) is 7.45. The number of carbonyl (C=O) groups excluding carboxylic acids is 3. The Hall–Kier alpha value is -6.69. The second-order valence-electron chi connectivity index (χ2n) is 11.3. The van der Waals surface area contributed by atoms with E-state index in [1.54, 1.807) is 54.6 Å². The van der Waals surface area contributed by atoms with Gasteiger partial charge in [0, 0.05) is 16.7 Å². The zero-order chi connectivity index (χ0) is 39.4. The molecule has 0 aliphatic carbocycles. The number of ether oxygens (including phenoxy) is 9. The number of rotatable bonds is 18. The van der Waals surface area contributed by atoms with E-state index in [0.29, 0.717) is 68.4 Å². The highest BCUT2D eigenvalue weighted by atomic mass is 16.5. The van der Waals surface area contributed by atoms with Gasteiger partial charge in [0.2, 0.25) is 17.2 Å². The summed E-state index contributed by atoms with van der Waals surface area (Å²) in [6.45, 7) is 0. The van der Waals surface area contributed by atoms with Crippen LogP contribution in [0.1, 0.15) is 47.8 Å². The van der Waals surface area contributed by atoms with Crippen molar-refractivity contribution < 1.29 is 57.0 Å². The molecule has 0 saturated carbocycles. The molecule has 0 N–H and O–H groups in total. The smallest absolute Gasteiger partial charge is 0.203 e. The lowest BCUT2D eigenvalue weighted by atomic mass is 9.97. The minimum Gasteiger partial charge on any atom is -0.493 e. The van der Waals surface area contributed by atoms with Gasteiger partial charge in [-0.2, -0.15) is 0 Å². The molecular formula is C42H42O12. The number of hydrogen-bond donors (Lipinski definition) is 0. The Kier molecular flexibility index (Phi) is 13.9. The molecule has 282 valence electrons. The van der Waals surface area contributed by atoms with E-state index in [1.807, 2.05) is 0 Å². The quantitative estimate of drug-likeness (QED) is 0.0741. The molecule has 0 unspecified atom stereocenters. The molecule has 0 aliphatic heterocycles. The molecule has 0 atom stereocenters. The Morgan fingerprint density at radius 1 is 0.333 bits per heavy atom. The zero-order valence-corrected chi connectivity index (χ0v) is 31.6. The van der Waals surface area contributed by atoms with Gasteiger partial charge in [-0.15, -0.1) is 0 Å². The van der Waals surface area contributed by atoms with E-state index in [0.717, 1.165) is 0 Å². The summed E-state index contributed by atoms with van der Waals surface area (Å²) in [5, 5.41) is 0. The van der Waals surface area contributed by atoms with Crippen LogP contribution in [0.3, 0.4) is 0 Å². The molecule has 0 aliphatic rings. The zero-order valence-electron chi connectivity index (χ0n) is 31.6. The number of methoxy groups -OCH3 is 9. The van der Waals surface area contributed by atoms with Crippen molar-refractivity contribution in [2.24, 2.45) is 0 Å². The van der Waals surface area contributed by atoms with Crippen LogP contribution in [0.2, 0.25) is 0 Å². The molecular weight excluding hydrogens is 696 g/mol. The summed E-state index contributed by atoms with van der Waals surface area (Å²) in [4.78, 5) is 40.9. The van der Waals surface area contributed by atoms with Crippen LogP contribution < -0.4 is 42.6 Å². The normalized spacial score (nSPS) is 11.1. The van der Waals surface area contributed by atoms with E-state index in [4.69, 9.17) is 42.6 Å². The van der Waals surface area contributed by atoms with Crippen LogP contribution in [-0.4, -0.2) is 81.3 Å². The van der Waals surface area contributed by atoms with E-state index in [1.165, 1.54) is 100 Å². The van der Waals surface area contributed by atoms with Gasteiger partial charge < -0.3 is 42.6 Å². The maximum atomic E-state index is 13.6. The molecule has 4 aromatic carbocycles. The van der Waals surface area contributed by atoms with Crippen molar-refractivity contribution in [2.75, 3.05) is 64.0 Å². The molecule has 4 aromatic rings. The van der Waals surface area contributed by atoms with Gasteiger partial charge in [-0.3, -0.25) is 14.4 Å². The summed E-state index contributed by atoms with van der Waals surface area (Å²) < 4.78 is 48.7. The van der Waals surface area contributed by atoms with Crippen LogP contribution in [0.4, 0.5) is 0 Å². The predicted molar refractivity (Wildman–Crippen MR) is 205 cm³/mol. The summed E-state index contributed by atoms with van der Waals surface area (Å²) in [5.74, 6) is 2.24. The van der Waals surface area contributed by atoms with Crippen LogP contribution >= 0.6 is 0 Å². The highest BCUT2D eigenvalue weighted by Gasteiger charge is 2.17. The highest BCUT2D eigenvalue weighted by Crippen LogP contribution is 2.40. The first-order chi connectivity index (χ1) is 26.1. The topological polar surface area (TPSA) is 134 Å². The van der Waals surface area contributed by atoms with Crippen molar-refractivity contribution in [3.05, 3.63) is 106 Å². The third-order valence-electron chi connectivity index (χ3n) is 8.13. The van der Waals surface area contributed by atoms with Crippen molar-refractivity contribution >= 4 is 35.6 Å². The molecule has 0 amide bonds. The van der Waals surface area contributed by atoms with E-state index < -0.39 is 17.3 Å². The van der Waals surface area contributed by atoms with Gasteiger partial charge in [0.25, 0.3) is 0 Å². The van der Waals surface area contributed by atoms with Gasteiger partial charge in [-0.25, -0.2) is 0 Å². The van der Waals surface area contributed by atoms with Crippen molar-refractivity contribution in [2.45, 2.75) is 0 Å². The molecule has 0 heterocycles. The number of benzene rings is 4. The van der Waals surface area contributed by atoms with Gasteiger partial charge in [0.15, 0.2) is 51.8 Å². The Labute approximate surface area is 314 Å². The van der Waals surface area contributed by atoms with E-state index in [9.17, 15) is 14.4 Å². The van der Waals surface area contributed by atoms with Gasteiger partial charge in [-0.05, 0) is 89.5 Å². The first-order valence-corrected chi connectivity index (χ1v) is 16.3. The minimum absolute atomic E-state index is 0.107. The van der Waals surface area contributed by atoms with Crippen molar-refractivity contribution in [3.63, 3.8) is 0 Å². The lowest BCUT2D eigenvalue weighted by molar-refractivity contribution is 0.104. The largest absolute Gasteiger partial charge is 0.493 e. The fourth-order valence-corrected chi connectivity index (χ4v) is 5.45. The van der Waals surface area contributed by atoms with E-state index in [2.05, 4.69) is 0 Å². The van der Waals surface area contributed by atoms with Crippen LogP contribution in [0.5, 0.6) is 51.7 Å². The Morgan fingerprint density at radius 2 is 0.537 bits per heavy atom. The fourth-order valence-electron chi connectivity index (χ4n) is 5.45. The molecule has 0 radical (unpaired) electrons. The molecule has 0 bridgehead atoms. The Bertz CT molecular complexity index is 1780. The molecule has 0 saturated heterocycles. The average Bonchev–Trinajstić information content (AvgIpc) is 3.21. The van der Waals surface area contributed by atoms with Gasteiger partial charge >= 0.3 is 0 Å². The number of allylic oxidation sites excluding steroid dienone is 3. The van der Waals surface area contributed by atoms with Crippen molar-refractivity contribution in [1.29, 1.82) is 0 Å². The first kappa shape index (κ1) is 40.1. The van der Waals surface area contributed by atoms with Crippen LogP contribution in [0.25, 0.3) is 18.2 Å². The maximum absolute atomic E-state index is 13.6. The Balaban J connectivity index is 1.76. The van der Waals surface area contributed by atoms with Crippen LogP contribution in [0, 0.1) is 0 Å². The molecule has 0 aromatic heterocycles. The molecule has 0 fully saturated rings. The standard InChI is InChI=1S/C42H42O12/c1-46-34-16-25(17-35(47-2)40(34)52-7)10-13-31(43)28-22-29(32(44)14-11-26-18-36(48-3)41(53-8)37(19-26)49-4)24-30(23-28)33(45)15-12-27-20-38(50-5)42(54-9)39(21-27)51-6/h10-24H,1-9H3/b13-10+,14-11+,15-12+. The lowest BCUT2D eigenvalue weighted by Gasteiger charge is -2.13. The summed E-state index contributed by atoms with van der Waals surface area (Å²) in [7, 11) is 13.4. The third kappa shape index (κ3) is 9.20. The second-order valence-corrected chi connectivity index (χ2v) is 11.3. The van der Waals surface area contributed by atoms with Crippen molar-refractivity contribution in [3.8, 4) is 51.7 Å². The third-order valence-corrected chi connectivity index (χ3v) is 8.13. The molecule has 4 rings (SSSR count). The van der Waals surface area contributed by atoms with Gasteiger partial charge in [0.1, 0.15) is 0 Å². The highest BCUT2D eigenvalue weighted by molar-refractivity contribution is 6.15. The molecule has 54 heavy (non-hydrogen) atoms. The van der Waals surface area contributed by atoms with E-state index >= 15 is 0 Å². The minimum atomic E-state index is -0.463. The number of carbonyl (C=O) groups is 3. The lowest BCUT2D eigenvalue weighted by Crippen LogP contribution is -2.05. The monoisotopic (exact) mass is 738 g/mol. The summed E-state index contributed by atoms with van der Waals surface area (Å²) in [5.41, 5.74) is 2.08. The second kappa shape index (κ2) is 18.7. The number of hydrogen-bond acceptors (Lipinski definition) is 12. The maximum Gasteiger partial charge on any atom is 0.203 e. The molecule has 12 nitrogen and oxygen atoms in total.